The SMILES string of the molecule is CCC[C@@H](CO)NC(=O)C(C)(C)c1ccc(-c2cncc(C#N)c2)cc1. The van der Waals surface area contributed by atoms with E-state index in [1.165, 1.54) is 6.20 Å². The van der Waals surface area contributed by atoms with E-state index in [1.807, 2.05) is 45.0 Å². The Hall–Kier alpha value is -2.71. The van der Waals surface area contributed by atoms with Gasteiger partial charge in [-0.1, -0.05) is 37.6 Å². The van der Waals surface area contributed by atoms with E-state index in [-0.39, 0.29) is 18.6 Å². The number of amides is 1. The molecule has 0 aliphatic heterocycles. The van der Waals surface area contributed by atoms with Crippen LogP contribution in [0.4, 0.5) is 0 Å². The molecule has 136 valence electrons. The second-order valence-corrected chi connectivity index (χ2v) is 6.92. The number of pyridine rings is 1. The maximum atomic E-state index is 12.7. The van der Waals surface area contributed by atoms with Crippen LogP contribution in [0.5, 0.6) is 0 Å². The summed E-state index contributed by atoms with van der Waals surface area (Å²) in [5.74, 6) is -0.106. The third-order valence-electron chi connectivity index (χ3n) is 4.57. The maximum absolute atomic E-state index is 12.7. The van der Waals surface area contributed by atoms with Crippen molar-refractivity contribution in [1.29, 1.82) is 5.26 Å². The minimum atomic E-state index is -0.716. The van der Waals surface area contributed by atoms with Crippen LogP contribution in [0.15, 0.2) is 42.7 Å². The zero-order valence-corrected chi connectivity index (χ0v) is 15.5. The largest absolute Gasteiger partial charge is 0.394 e. The molecule has 0 spiro atoms. The molecule has 1 atom stereocenters. The average Bonchev–Trinajstić information content (AvgIpc) is 2.67. The average molecular weight is 351 g/mol. The van der Waals surface area contributed by atoms with Crippen molar-refractivity contribution in [1.82, 2.24) is 10.3 Å². The van der Waals surface area contributed by atoms with E-state index in [1.54, 1.807) is 12.3 Å². The molecule has 0 saturated heterocycles. The third kappa shape index (κ3) is 4.47. The highest BCUT2D eigenvalue weighted by molar-refractivity contribution is 5.87. The number of carbonyl (C=O) groups is 1. The number of nitrogens with one attached hydrogen (secondary N) is 1. The zero-order valence-electron chi connectivity index (χ0n) is 15.5. The Labute approximate surface area is 154 Å². The van der Waals surface area contributed by atoms with Crippen LogP contribution in [0.2, 0.25) is 0 Å². The van der Waals surface area contributed by atoms with Crippen LogP contribution in [0.3, 0.4) is 0 Å². The van der Waals surface area contributed by atoms with Crippen molar-refractivity contribution >= 4 is 5.91 Å². The molecule has 26 heavy (non-hydrogen) atoms. The first-order valence-corrected chi connectivity index (χ1v) is 8.80. The van der Waals surface area contributed by atoms with Crippen molar-refractivity contribution in [2.24, 2.45) is 0 Å². The molecule has 0 radical (unpaired) electrons. The Morgan fingerprint density at radius 3 is 2.54 bits per heavy atom. The molecule has 5 heteroatoms. The topological polar surface area (TPSA) is 86.0 Å². The lowest BCUT2D eigenvalue weighted by atomic mass is 9.82. The number of hydrogen-bond donors (Lipinski definition) is 2. The van der Waals surface area contributed by atoms with Crippen molar-refractivity contribution in [2.45, 2.75) is 45.1 Å². The number of carbonyl (C=O) groups excluding carboxylic acids is 1. The number of aliphatic hydroxyl groups excluding tert-OH is 1. The first kappa shape index (κ1) is 19.6. The first-order valence-electron chi connectivity index (χ1n) is 8.80. The monoisotopic (exact) mass is 351 g/mol. The summed E-state index contributed by atoms with van der Waals surface area (Å²) in [6.07, 6.45) is 4.89. The van der Waals surface area contributed by atoms with E-state index in [0.717, 1.165) is 29.5 Å². The molecule has 1 aromatic heterocycles. The first-order chi connectivity index (χ1) is 12.4. The molecule has 0 unspecified atom stereocenters. The molecule has 0 saturated carbocycles. The molecular formula is C21H25N3O2. The van der Waals surface area contributed by atoms with Gasteiger partial charge in [-0.05, 0) is 37.5 Å². The van der Waals surface area contributed by atoms with Gasteiger partial charge in [0.1, 0.15) is 6.07 Å². The predicted octanol–water partition coefficient (Wildman–Crippen LogP) is 3.18. The predicted molar refractivity (Wildman–Crippen MR) is 101 cm³/mol. The van der Waals surface area contributed by atoms with Crippen molar-refractivity contribution in [3.63, 3.8) is 0 Å². The molecule has 2 N–H and O–H groups in total. The summed E-state index contributed by atoms with van der Waals surface area (Å²) in [7, 11) is 0. The molecule has 2 aromatic rings. The summed E-state index contributed by atoms with van der Waals surface area (Å²) in [5, 5.41) is 21.3. The highest BCUT2D eigenvalue weighted by Gasteiger charge is 2.31. The van der Waals surface area contributed by atoms with Crippen molar-refractivity contribution < 1.29 is 9.90 Å². The van der Waals surface area contributed by atoms with Crippen molar-refractivity contribution in [3.05, 3.63) is 53.9 Å². The molecule has 1 heterocycles. The molecule has 2 rings (SSSR count). The van der Waals surface area contributed by atoms with E-state index >= 15 is 0 Å². The lowest BCUT2D eigenvalue weighted by Gasteiger charge is -2.27. The molecule has 0 bridgehead atoms. The van der Waals surface area contributed by atoms with Gasteiger partial charge in [0.05, 0.1) is 23.6 Å². The number of nitrogens with zero attached hydrogens (tertiary/aromatic N) is 2. The van der Waals surface area contributed by atoms with Crippen molar-refractivity contribution in [3.8, 4) is 17.2 Å². The van der Waals surface area contributed by atoms with E-state index < -0.39 is 5.41 Å². The van der Waals surface area contributed by atoms with Crippen LogP contribution < -0.4 is 5.32 Å². The van der Waals surface area contributed by atoms with E-state index in [4.69, 9.17) is 5.26 Å². The zero-order chi connectivity index (χ0) is 19.2. The Kier molecular flexibility index (Phi) is 6.48. The van der Waals surface area contributed by atoms with Gasteiger partial charge in [-0.2, -0.15) is 5.26 Å². The fourth-order valence-electron chi connectivity index (χ4n) is 2.79. The number of rotatable bonds is 7. The number of nitriles is 1. The minimum absolute atomic E-state index is 0.0587. The number of aliphatic hydroxyl groups is 1. The molecule has 0 aliphatic rings. The van der Waals surface area contributed by atoms with E-state index in [2.05, 4.69) is 16.4 Å². The van der Waals surface area contributed by atoms with Gasteiger partial charge in [0, 0.05) is 18.0 Å². The van der Waals surface area contributed by atoms with Gasteiger partial charge >= 0.3 is 0 Å². The summed E-state index contributed by atoms with van der Waals surface area (Å²) in [4.78, 5) is 16.8. The summed E-state index contributed by atoms with van der Waals surface area (Å²) in [6, 6.07) is 11.4. The summed E-state index contributed by atoms with van der Waals surface area (Å²) in [5.41, 5.74) is 2.48. The normalized spacial score (nSPS) is 12.3. The van der Waals surface area contributed by atoms with Gasteiger partial charge < -0.3 is 10.4 Å². The van der Waals surface area contributed by atoms with E-state index in [0.29, 0.717) is 5.56 Å². The molecule has 0 aliphatic carbocycles. The molecule has 1 amide bonds. The fraction of sp³-hybridized carbons (Fsp3) is 0.381. The highest BCUT2D eigenvalue weighted by atomic mass is 16.3. The maximum Gasteiger partial charge on any atom is 0.230 e. The van der Waals surface area contributed by atoms with Gasteiger partial charge in [-0.3, -0.25) is 9.78 Å². The van der Waals surface area contributed by atoms with Gasteiger partial charge in [0.25, 0.3) is 0 Å². The second-order valence-electron chi connectivity index (χ2n) is 6.92. The molecule has 1 aromatic carbocycles. The van der Waals surface area contributed by atoms with Crippen LogP contribution >= 0.6 is 0 Å². The van der Waals surface area contributed by atoms with Crippen LogP contribution in [0.1, 0.15) is 44.7 Å². The Morgan fingerprint density at radius 1 is 1.27 bits per heavy atom. The van der Waals surface area contributed by atoms with Crippen LogP contribution in [-0.2, 0) is 10.2 Å². The Balaban J connectivity index is 2.20. The van der Waals surface area contributed by atoms with Crippen LogP contribution in [0, 0.1) is 11.3 Å². The second kappa shape index (κ2) is 8.59. The number of aromatic nitrogens is 1. The Bertz CT molecular complexity index is 792. The summed E-state index contributed by atoms with van der Waals surface area (Å²) >= 11 is 0. The van der Waals surface area contributed by atoms with Gasteiger partial charge in [-0.15, -0.1) is 0 Å². The lowest BCUT2D eigenvalue weighted by Crippen LogP contribution is -2.46. The standard InChI is InChI=1S/C21H25N3O2/c1-4-5-19(14-25)24-20(26)21(2,3)18-8-6-16(7-9-18)17-10-15(11-22)12-23-13-17/h6-10,12-13,19,25H,4-5,14H2,1-3H3,(H,24,26)/t19-/m0/s1. The van der Waals surface area contributed by atoms with Crippen LogP contribution in [-0.4, -0.2) is 28.6 Å². The molecule has 5 nitrogen and oxygen atoms in total. The van der Waals surface area contributed by atoms with Gasteiger partial charge in [0.15, 0.2) is 0 Å². The number of hydrogen-bond acceptors (Lipinski definition) is 4. The fourth-order valence-corrected chi connectivity index (χ4v) is 2.79. The minimum Gasteiger partial charge on any atom is -0.394 e. The highest BCUT2D eigenvalue weighted by Crippen LogP contribution is 2.27. The summed E-state index contributed by atoms with van der Waals surface area (Å²) < 4.78 is 0. The smallest absolute Gasteiger partial charge is 0.230 e. The van der Waals surface area contributed by atoms with Gasteiger partial charge in [-0.25, -0.2) is 0 Å². The molecular weight excluding hydrogens is 326 g/mol. The quantitative estimate of drug-likeness (QED) is 0.802. The summed E-state index contributed by atoms with van der Waals surface area (Å²) in [6.45, 7) is 5.71. The van der Waals surface area contributed by atoms with Crippen LogP contribution in [0.25, 0.3) is 11.1 Å². The van der Waals surface area contributed by atoms with E-state index in [9.17, 15) is 9.90 Å². The molecule has 0 fully saturated rings. The third-order valence-corrected chi connectivity index (χ3v) is 4.57. The van der Waals surface area contributed by atoms with Gasteiger partial charge in [0.2, 0.25) is 5.91 Å². The Morgan fingerprint density at radius 2 is 1.96 bits per heavy atom. The lowest BCUT2D eigenvalue weighted by molar-refractivity contribution is -0.126. The van der Waals surface area contributed by atoms with Crippen molar-refractivity contribution in [2.75, 3.05) is 6.61 Å². The number of benzene rings is 1.